The van der Waals surface area contributed by atoms with Crippen molar-refractivity contribution in [1.29, 1.82) is 0 Å². The number of aliphatic hydroxyl groups excluding tert-OH is 1. The molecule has 0 saturated carbocycles. The minimum atomic E-state index is -4.77. The largest absolute Gasteiger partial charge is 0.507 e. The Bertz CT molecular complexity index is 1120. The highest BCUT2D eigenvalue weighted by molar-refractivity contribution is 6.51. The molecule has 1 aliphatic heterocycles. The van der Waals surface area contributed by atoms with Gasteiger partial charge in [0.15, 0.2) is 13.2 Å². The summed E-state index contributed by atoms with van der Waals surface area (Å²) in [6.45, 7) is -3.85. The van der Waals surface area contributed by atoms with E-state index in [9.17, 15) is 45.4 Å². The van der Waals surface area contributed by atoms with Crippen LogP contribution < -0.4 is 14.4 Å². The normalized spacial score (nSPS) is 16.1. The number of hydrogen-bond donors (Lipinski definition) is 1. The van der Waals surface area contributed by atoms with Crippen LogP contribution in [0.4, 0.5) is 36.4 Å². The summed E-state index contributed by atoms with van der Waals surface area (Å²) in [5.41, 5.74) is -0.862. The highest BCUT2D eigenvalue weighted by atomic mass is 19.4. The molecule has 2 aromatic carbocycles. The lowest BCUT2D eigenvalue weighted by atomic mass is 10.1. The van der Waals surface area contributed by atoms with Crippen molar-refractivity contribution >= 4 is 23.1 Å². The van der Waals surface area contributed by atoms with Crippen LogP contribution in [0.1, 0.15) is 5.56 Å². The second kappa shape index (κ2) is 9.23. The van der Waals surface area contributed by atoms with Crippen LogP contribution in [0.3, 0.4) is 0 Å². The van der Waals surface area contributed by atoms with Gasteiger partial charge in [0, 0.05) is 11.8 Å². The molecule has 0 atom stereocenters. The van der Waals surface area contributed by atoms with Crippen LogP contribution >= 0.6 is 0 Å². The van der Waals surface area contributed by atoms with Crippen LogP contribution in [-0.2, 0) is 9.59 Å². The van der Waals surface area contributed by atoms with Gasteiger partial charge in [0.2, 0.25) is 0 Å². The predicted molar refractivity (Wildman–Crippen MR) is 103 cm³/mol. The van der Waals surface area contributed by atoms with E-state index in [0.29, 0.717) is 6.07 Å². The van der Waals surface area contributed by atoms with Gasteiger partial charge in [-0.05, 0) is 36.4 Å². The second-order valence-electron chi connectivity index (χ2n) is 6.99. The molecule has 2 aromatic rings. The fraction of sp³-hybridized carbons (Fsp3) is 0.238. The first-order valence-electron chi connectivity index (χ1n) is 9.32. The summed E-state index contributed by atoms with van der Waals surface area (Å²) in [5, 5.41) is 10.5. The zero-order valence-corrected chi connectivity index (χ0v) is 16.8. The van der Waals surface area contributed by atoms with Gasteiger partial charge in [0.25, 0.3) is 11.7 Å². The van der Waals surface area contributed by atoms with Crippen LogP contribution in [0.2, 0.25) is 0 Å². The molecule has 34 heavy (non-hydrogen) atoms. The van der Waals surface area contributed by atoms with Crippen molar-refractivity contribution in [2.24, 2.45) is 0 Å². The Balaban J connectivity index is 1.86. The third-order valence-electron chi connectivity index (χ3n) is 4.46. The molecule has 0 bridgehead atoms. The highest BCUT2D eigenvalue weighted by Crippen LogP contribution is 2.33. The topological polar surface area (TPSA) is 76.1 Å². The Hall–Kier alpha value is -3.77. The number of halogens is 7. The van der Waals surface area contributed by atoms with Gasteiger partial charge in [-0.3, -0.25) is 9.59 Å². The number of alkyl halides is 6. The molecule has 1 fully saturated rings. The van der Waals surface area contributed by atoms with E-state index in [-0.39, 0.29) is 11.4 Å². The van der Waals surface area contributed by atoms with E-state index in [4.69, 9.17) is 0 Å². The quantitative estimate of drug-likeness (QED) is 0.276. The summed E-state index contributed by atoms with van der Waals surface area (Å²) in [6.07, 6.45) is -9.32. The van der Waals surface area contributed by atoms with Gasteiger partial charge in [0.1, 0.15) is 23.1 Å². The molecule has 182 valence electrons. The number of Topliss-reactive ketones (excluding diaryl/α,β-unsaturated/α-hetero) is 1. The number of aliphatic hydroxyl groups is 1. The van der Waals surface area contributed by atoms with E-state index in [1.807, 2.05) is 0 Å². The number of ether oxygens (including phenoxy) is 2. The van der Waals surface area contributed by atoms with Gasteiger partial charge in [-0.2, -0.15) is 26.3 Å². The minimum absolute atomic E-state index is 0.0770. The summed E-state index contributed by atoms with van der Waals surface area (Å²) in [5.74, 6) is -5.00. The summed E-state index contributed by atoms with van der Waals surface area (Å²) in [6, 6.07) is 6.94. The first-order chi connectivity index (χ1) is 15.7. The van der Waals surface area contributed by atoms with Crippen LogP contribution in [0, 0.1) is 5.82 Å². The molecule has 1 amide bonds. The Kier molecular flexibility index (Phi) is 6.75. The van der Waals surface area contributed by atoms with Crippen LogP contribution in [0.15, 0.2) is 48.0 Å². The molecule has 1 aliphatic rings. The third kappa shape index (κ3) is 5.97. The average Bonchev–Trinajstić information content (AvgIpc) is 3.04. The maximum Gasteiger partial charge on any atom is 0.422 e. The van der Waals surface area contributed by atoms with Crippen LogP contribution in [-0.4, -0.2) is 48.9 Å². The maximum absolute atomic E-state index is 13.5. The van der Waals surface area contributed by atoms with Crippen LogP contribution in [0.25, 0.3) is 5.76 Å². The van der Waals surface area contributed by atoms with E-state index < -0.39 is 72.3 Å². The molecule has 0 aromatic heterocycles. The molecule has 0 unspecified atom stereocenters. The van der Waals surface area contributed by atoms with E-state index in [0.717, 1.165) is 29.2 Å². The van der Waals surface area contributed by atoms with Crippen molar-refractivity contribution in [3.05, 3.63) is 59.4 Å². The third-order valence-corrected chi connectivity index (χ3v) is 4.46. The SMILES string of the molecule is O=C1C(=O)N(c2ccc(OCC(F)(F)F)cc2)CC1=C(O)c1ccc(F)cc1OCC(F)(F)F. The van der Waals surface area contributed by atoms with Gasteiger partial charge in [0.05, 0.1) is 17.7 Å². The first kappa shape index (κ1) is 24.9. The van der Waals surface area contributed by atoms with Crippen molar-refractivity contribution in [2.45, 2.75) is 12.4 Å². The molecular formula is C21H14F7NO5. The lowest BCUT2D eigenvalue weighted by Gasteiger charge is -2.16. The zero-order chi connectivity index (χ0) is 25.3. The Labute approximate surface area is 186 Å². The monoisotopic (exact) mass is 493 g/mol. The number of carbonyl (C=O) groups is 2. The molecule has 1 heterocycles. The maximum atomic E-state index is 13.5. The lowest BCUT2D eigenvalue weighted by Crippen LogP contribution is -2.26. The molecule has 3 rings (SSSR count). The van der Waals surface area contributed by atoms with E-state index in [1.165, 1.54) is 12.1 Å². The van der Waals surface area contributed by atoms with Gasteiger partial charge in [-0.1, -0.05) is 0 Å². The second-order valence-corrected chi connectivity index (χ2v) is 6.99. The van der Waals surface area contributed by atoms with Crippen molar-refractivity contribution in [3.63, 3.8) is 0 Å². The standard InChI is InChI=1S/C21H14F7NO5/c22-11-1-6-14(16(7-11)34-10-21(26,27)28)17(30)15-8-29(19(32)18(15)31)12-2-4-13(5-3-12)33-9-20(23,24)25/h1-7,30H,8-10H2. The predicted octanol–water partition coefficient (Wildman–Crippen LogP) is 4.59. The number of hydrogen-bond acceptors (Lipinski definition) is 5. The molecule has 0 aliphatic carbocycles. The number of benzene rings is 2. The van der Waals surface area contributed by atoms with E-state index >= 15 is 0 Å². The number of anilines is 1. The molecule has 0 radical (unpaired) electrons. The summed E-state index contributed by atoms with van der Waals surface area (Å²) >= 11 is 0. The first-order valence-corrected chi connectivity index (χ1v) is 9.32. The number of rotatable bonds is 6. The molecular weight excluding hydrogens is 479 g/mol. The highest BCUT2D eigenvalue weighted by Gasteiger charge is 2.38. The van der Waals surface area contributed by atoms with E-state index in [2.05, 4.69) is 9.47 Å². The summed E-state index contributed by atoms with van der Waals surface area (Å²) in [4.78, 5) is 25.7. The van der Waals surface area contributed by atoms with Gasteiger partial charge < -0.3 is 19.5 Å². The lowest BCUT2D eigenvalue weighted by molar-refractivity contribution is -0.154. The molecule has 6 nitrogen and oxygen atoms in total. The fourth-order valence-electron chi connectivity index (χ4n) is 2.97. The molecule has 0 spiro atoms. The zero-order valence-electron chi connectivity index (χ0n) is 16.8. The van der Waals surface area contributed by atoms with Crippen molar-refractivity contribution in [3.8, 4) is 11.5 Å². The van der Waals surface area contributed by atoms with Crippen molar-refractivity contribution in [1.82, 2.24) is 0 Å². The minimum Gasteiger partial charge on any atom is -0.507 e. The Morgan fingerprint density at radius 3 is 2.09 bits per heavy atom. The molecule has 13 heteroatoms. The smallest absolute Gasteiger partial charge is 0.422 e. The average molecular weight is 493 g/mol. The molecule has 1 N–H and O–H groups in total. The number of carbonyl (C=O) groups excluding carboxylic acids is 2. The summed E-state index contributed by atoms with van der Waals surface area (Å²) in [7, 11) is 0. The van der Waals surface area contributed by atoms with Crippen molar-refractivity contribution < 1.29 is 54.9 Å². The van der Waals surface area contributed by atoms with Crippen LogP contribution in [0.5, 0.6) is 11.5 Å². The van der Waals surface area contributed by atoms with Gasteiger partial charge in [-0.15, -0.1) is 0 Å². The Morgan fingerprint density at radius 1 is 0.912 bits per heavy atom. The van der Waals surface area contributed by atoms with Gasteiger partial charge >= 0.3 is 12.4 Å². The van der Waals surface area contributed by atoms with Crippen molar-refractivity contribution in [2.75, 3.05) is 24.7 Å². The van der Waals surface area contributed by atoms with Gasteiger partial charge in [-0.25, -0.2) is 4.39 Å². The summed E-state index contributed by atoms with van der Waals surface area (Å²) < 4.78 is 96.8. The number of nitrogens with zero attached hydrogens (tertiary/aromatic N) is 1. The number of ketones is 1. The number of amides is 1. The Morgan fingerprint density at radius 2 is 1.50 bits per heavy atom. The molecule has 1 saturated heterocycles. The van der Waals surface area contributed by atoms with E-state index in [1.54, 1.807) is 0 Å². The fourth-order valence-corrected chi connectivity index (χ4v) is 2.97.